The number of hydrogen-bond donors (Lipinski definition) is 1. The summed E-state index contributed by atoms with van der Waals surface area (Å²) < 4.78 is 7.50. The van der Waals surface area contributed by atoms with Gasteiger partial charge in [0.15, 0.2) is 5.65 Å². The molecule has 0 aromatic carbocycles. The highest BCUT2D eigenvalue weighted by molar-refractivity contribution is 5.94. The summed E-state index contributed by atoms with van der Waals surface area (Å²) in [5, 5.41) is 5.56. The zero-order valence-electron chi connectivity index (χ0n) is 20.1. The van der Waals surface area contributed by atoms with Crippen molar-refractivity contribution in [3.05, 3.63) is 48.7 Å². The van der Waals surface area contributed by atoms with Gasteiger partial charge in [0.1, 0.15) is 0 Å². The van der Waals surface area contributed by atoms with Crippen LogP contribution in [0.25, 0.3) is 22.3 Å². The van der Waals surface area contributed by atoms with Crippen LogP contribution in [0, 0.1) is 0 Å². The number of morpholine rings is 1. The van der Waals surface area contributed by atoms with Crippen LogP contribution in [-0.4, -0.2) is 84.9 Å². The summed E-state index contributed by atoms with van der Waals surface area (Å²) in [7, 11) is 0. The monoisotopic (exact) mass is 522 g/mol. The molecule has 0 saturated carbocycles. The van der Waals surface area contributed by atoms with Gasteiger partial charge >= 0.3 is 0 Å². The Morgan fingerprint density at radius 3 is 2.38 bits per heavy atom. The summed E-state index contributed by atoms with van der Waals surface area (Å²) in [6.45, 7) is 3.98. The van der Waals surface area contributed by atoms with E-state index in [4.69, 9.17) is 25.5 Å². The van der Waals surface area contributed by atoms with Crippen LogP contribution in [0.3, 0.4) is 0 Å². The number of carbonyl (C=O) groups excluding carboxylic acids is 1. The molecule has 192 valence electrons. The van der Waals surface area contributed by atoms with Crippen LogP contribution in [0.15, 0.2) is 43.1 Å². The Kier molecular flexibility index (Phi) is 7.10. The Morgan fingerprint density at radius 2 is 1.68 bits per heavy atom. The van der Waals surface area contributed by atoms with Crippen molar-refractivity contribution in [3.63, 3.8) is 0 Å². The number of aromatic nitrogens is 7. The molecule has 0 radical (unpaired) electrons. The average Bonchev–Trinajstić information content (AvgIpc) is 3.38. The number of likely N-dealkylation sites (tertiary alicyclic amines) is 1. The Bertz CT molecular complexity index is 1370. The lowest BCUT2D eigenvalue weighted by Gasteiger charge is -2.32. The van der Waals surface area contributed by atoms with Crippen LogP contribution in [0.5, 0.6) is 0 Å². The van der Waals surface area contributed by atoms with Gasteiger partial charge in [0, 0.05) is 62.1 Å². The highest BCUT2D eigenvalue weighted by Crippen LogP contribution is 2.32. The summed E-state index contributed by atoms with van der Waals surface area (Å²) in [6, 6.07) is 3.62. The predicted molar refractivity (Wildman–Crippen MR) is 139 cm³/mol. The fraction of sp³-hybridized carbons (Fsp3) is 0.375. The van der Waals surface area contributed by atoms with Gasteiger partial charge in [0.25, 0.3) is 5.91 Å². The Balaban J connectivity index is 0.00000280. The number of carbonyl (C=O) groups is 1. The Labute approximate surface area is 219 Å². The van der Waals surface area contributed by atoms with Crippen molar-refractivity contribution in [1.29, 1.82) is 0 Å². The molecule has 2 aliphatic rings. The summed E-state index contributed by atoms with van der Waals surface area (Å²) in [5.74, 6) is 0.870. The van der Waals surface area contributed by atoms with E-state index in [9.17, 15) is 4.79 Å². The van der Waals surface area contributed by atoms with E-state index in [1.807, 2.05) is 9.58 Å². The number of nitrogen functional groups attached to an aromatic ring is 1. The summed E-state index contributed by atoms with van der Waals surface area (Å²) in [5.41, 5.74) is 8.60. The van der Waals surface area contributed by atoms with Crippen LogP contribution in [0.1, 0.15) is 29.2 Å². The van der Waals surface area contributed by atoms with Crippen LogP contribution in [-0.2, 0) is 4.74 Å². The lowest BCUT2D eigenvalue weighted by molar-refractivity contribution is 0.0691. The minimum Gasteiger partial charge on any atom is -0.378 e. The Hall–Kier alpha value is -3.90. The molecular formula is C24H27ClN10O2. The largest absolute Gasteiger partial charge is 0.378 e. The van der Waals surface area contributed by atoms with Gasteiger partial charge in [0.2, 0.25) is 11.9 Å². The number of amides is 1. The first-order chi connectivity index (χ1) is 17.7. The first-order valence-corrected chi connectivity index (χ1v) is 12.0. The molecule has 2 N–H and O–H groups in total. The van der Waals surface area contributed by atoms with Gasteiger partial charge in [0.05, 0.1) is 36.5 Å². The molecule has 37 heavy (non-hydrogen) atoms. The molecule has 0 atom stereocenters. The smallest absolute Gasteiger partial charge is 0.253 e. The van der Waals surface area contributed by atoms with Gasteiger partial charge in [-0.05, 0) is 25.0 Å². The number of rotatable bonds is 4. The van der Waals surface area contributed by atoms with Gasteiger partial charge in [-0.15, -0.1) is 12.4 Å². The van der Waals surface area contributed by atoms with Crippen LogP contribution in [0.2, 0.25) is 0 Å². The normalized spacial score (nSPS) is 16.5. The molecule has 6 rings (SSSR count). The summed E-state index contributed by atoms with van der Waals surface area (Å²) in [4.78, 5) is 39.0. The van der Waals surface area contributed by atoms with Crippen LogP contribution in [0.4, 0.5) is 11.9 Å². The van der Waals surface area contributed by atoms with E-state index in [0.717, 1.165) is 35.1 Å². The van der Waals surface area contributed by atoms with Gasteiger partial charge in [-0.1, -0.05) is 0 Å². The molecule has 1 amide bonds. The zero-order valence-corrected chi connectivity index (χ0v) is 20.9. The first-order valence-electron chi connectivity index (χ1n) is 12.0. The van der Waals surface area contributed by atoms with E-state index >= 15 is 0 Å². The molecule has 2 fully saturated rings. The second-order valence-electron chi connectivity index (χ2n) is 8.89. The maximum atomic E-state index is 12.9. The maximum absolute atomic E-state index is 12.9. The summed E-state index contributed by atoms with van der Waals surface area (Å²) >= 11 is 0. The molecule has 0 spiro atoms. The van der Waals surface area contributed by atoms with Crippen molar-refractivity contribution in [1.82, 2.24) is 39.6 Å². The standard InChI is InChI=1S/C24H26N10O2.ClH/c25-23-27-13-17(14-28-23)20-19-15-29-34(21(19)31-24(30-20)33-9-11-36-12-10-33)18-3-7-32(8-4-18)22(35)16-1-5-26-6-2-16;/h1-2,5-6,13-15,18H,3-4,7-12H2,(H2,25,27,28);1H. The quantitative estimate of drug-likeness (QED) is 0.423. The van der Waals surface area contributed by atoms with Gasteiger partial charge in [-0.2, -0.15) is 10.1 Å². The molecular weight excluding hydrogens is 496 g/mol. The zero-order chi connectivity index (χ0) is 24.5. The van der Waals surface area contributed by atoms with Crippen LogP contribution < -0.4 is 10.6 Å². The van der Waals surface area contributed by atoms with Crippen molar-refractivity contribution < 1.29 is 9.53 Å². The SMILES string of the molecule is Cl.Nc1ncc(-c2nc(N3CCOCC3)nc3c2cnn3C2CCN(C(=O)c3ccncc3)CC2)cn1. The highest BCUT2D eigenvalue weighted by atomic mass is 35.5. The number of halogens is 1. The second kappa shape index (κ2) is 10.6. The third-order valence-electron chi connectivity index (χ3n) is 6.71. The summed E-state index contributed by atoms with van der Waals surface area (Å²) in [6.07, 6.45) is 10.0. The third-order valence-corrected chi connectivity index (χ3v) is 6.71. The van der Waals surface area contributed by atoms with E-state index in [2.05, 4.69) is 19.9 Å². The molecule has 4 aromatic rings. The van der Waals surface area contributed by atoms with Gasteiger partial charge < -0.3 is 20.3 Å². The lowest BCUT2D eigenvalue weighted by atomic mass is 10.0. The maximum Gasteiger partial charge on any atom is 0.253 e. The molecule has 0 unspecified atom stereocenters. The number of piperidine rings is 1. The number of hydrogen-bond acceptors (Lipinski definition) is 10. The Morgan fingerprint density at radius 1 is 0.973 bits per heavy atom. The number of pyridine rings is 1. The number of anilines is 2. The van der Waals surface area contributed by atoms with Crippen LogP contribution >= 0.6 is 12.4 Å². The van der Waals surface area contributed by atoms with E-state index < -0.39 is 0 Å². The third kappa shape index (κ3) is 4.89. The number of nitrogens with zero attached hydrogens (tertiary/aromatic N) is 9. The van der Waals surface area contributed by atoms with Crippen molar-refractivity contribution >= 4 is 41.2 Å². The minimum absolute atomic E-state index is 0. The van der Waals surface area contributed by atoms with Gasteiger partial charge in [-0.3, -0.25) is 9.78 Å². The second-order valence-corrected chi connectivity index (χ2v) is 8.89. The van der Waals surface area contributed by atoms with E-state index in [1.54, 1.807) is 43.1 Å². The van der Waals surface area contributed by atoms with E-state index in [1.165, 1.54) is 0 Å². The molecule has 2 saturated heterocycles. The predicted octanol–water partition coefficient (Wildman–Crippen LogP) is 2.00. The van der Waals surface area contributed by atoms with E-state index in [0.29, 0.717) is 50.9 Å². The molecule has 0 aliphatic carbocycles. The molecule has 2 aliphatic heterocycles. The molecule has 12 nitrogen and oxygen atoms in total. The first kappa shape index (κ1) is 24.8. The van der Waals surface area contributed by atoms with Crippen molar-refractivity contribution in [2.75, 3.05) is 50.0 Å². The lowest BCUT2D eigenvalue weighted by Crippen LogP contribution is -2.39. The van der Waals surface area contributed by atoms with Gasteiger partial charge in [-0.25, -0.2) is 19.6 Å². The number of nitrogens with two attached hydrogens (primary N) is 1. The topological polar surface area (TPSA) is 141 Å². The number of ether oxygens (including phenoxy) is 1. The fourth-order valence-electron chi connectivity index (χ4n) is 4.76. The molecule has 0 bridgehead atoms. The van der Waals surface area contributed by atoms with Crippen molar-refractivity contribution in [2.45, 2.75) is 18.9 Å². The van der Waals surface area contributed by atoms with Crippen molar-refractivity contribution in [2.24, 2.45) is 0 Å². The minimum atomic E-state index is 0. The average molecular weight is 523 g/mol. The van der Waals surface area contributed by atoms with Crippen molar-refractivity contribution in [3.8, 4) is 11.3 Å². The molecule has 4 aromatic heterocycles. The fourth-order valence-corrected chi connectivity index (χ4v) is 4.76. The molecule has 13 heteroatoms. The molecule has 6 heterocycles. The number of fused-ring (bicyclic) bond motifs is 1. The highest BCUT2D eigenvalue weighted by Gasteiger charge is 2.28. The van der Waals surface area contributed by atoms with E-state index in [-0.39, 0.29) is 30.3 Å².